The lowest BCUT2D eigenvalue weighted by atomic mass is 10.2. The molecule has 9 heteroatoms. The molecule has 0 fully saturated rings. The second-order valence-electron chi connectivity index (χ2n) is 7.00. The predicted octanol–water partition coefficient (Wildman–Crippen LogP) is 4.86. The van der Waals surface area contributed by atoms with Crippen molar-refractivity contribution in [1.82, 2.24) is 9.66 Å². The summed E-state index contributed by atoms with van der Waals surface area (Å²) in [4.78, 5) is 27.6. The number of aromatic amines is 1. The molecule has 1 N–H and O–H groups in total. The summed E-state index contributed by atoms with van der Waals surface area (Å²) in [6.45, 7) is 2.50. The summed E-state index contributed by atoms with van der Waals surface area (Å²) < 4.78 is 12.4. The third kappa shape index (κ3) is 5.10. The molecule has 168 valence electrons. The Morgan fingerprint density at radius 1 is 1.00 bits per heavy atom. The van der Waals surface area contributed by atoms with Gasteiger partial charge in [0.2, 0.25) is 0 Å². The maximum atomic E-state index is 12.6. The van der Waals surface area contributed by atoms with Gasteiger partial charge in [0.25, 0.3) is 5.56 Å². The Morgan fingerprint density at radius 3 is 2.61 bits per heavy atom. The van der Waals surface area contributed by atoms with E-state index >= 15 is 0 Å². The lowest BCUT2D eigenvalue weighted by molar-refractivity contribution is 0.269. The van der Waals surface area contributed by atoms with Gasteiger partial charge in [0.1, 0.15) is 6.61 Å². The van der Waals surface area contributed by atoms with Crippen molar-refractivity contribution in [2.24, 2.45) is 5.10 Å². The first kappa shape index (κ1) is 22.6. The number of para-hydroxylation sites is 1. The molecule has 7 nitrogen and oxygen atoms in total. The molecule has 3 aromatic carbocycles. The minimum atomic E-state index is -0.625. The molecule has 0 radical (unpaired) electrons. The van der Waals surface area contributed by atoms with Gasteiger partial charge in [0.05, 0.1) is 23.7 Å². The number of hydrogen-bond acceptors (Lipinski definition) is 5. The predicted molar refractivity (Wildman–Crippen MR) is 130 cm³/mol. The standard InChI is InChI=1S/C24H19Cl2N3O4/c1-2-32-22-11-15(7-10-21(22)33-14-16-8-9-17(25)12-19(16)26)13-27-29-23(30)18-5-3-4-6-20(18)28-24(29)31/h3-13H,2,14H2,1H3,(H,28,31). The molecule has 0 bridgehead atoms. The molecule has 0 unspecified atom stereocenters. The minimum Gasteiger partial charge on any atom is -0.490 e. The Morgan fingerprint density at radius 2 is 1.82 bits per heavy atom. The van der Waals surface area contributed by atoms with E-state index in [0.717, 1.165) is 10.2 Å². The summed E-state index contributed by atoms with van der Waals surface area (Å²) in [5.74, 6) is 1.01. The van der Waals surface area contributed by atoms with Gasteiger partial charge in [0, 0.05) is 15.6 Å². The van der Waals surface area contributed by atoms with E-state index in [-0.39, 0.29) is 6.61 Å². The van der Waals surface area contributed by atoms with Crippen molar-refractivity contribution >= 4 is 40.3 Å². The summed E-state index contributed by atoms with van der Waals surface area (Å²) in [7, 11) is 0. The van der Waals surface area contributed by atoms with E-state index in [1.165, 1.54) is 6.21 Å². The molecule has 1 heterocycles. The highest BCUT2D eigenvalue weighted by molar-refractivity contribution is 6.35. The number of benzene rings is 3. The van der Waals surface area contributed by atoms with E-state index in [1.807, 2.05) is 6.92 Å². The number of ether oxygens (including phenoxy) is 2. The molecule has 4 aromatic rings. The fourth-order valence-electron chi connectivity index (χ4n) is 3.17. The van der Waals surface area contributed by atoms with Crippen LogP contribution < -0.4 is 20.7 Å². The quantitative estimate of drug-likeness (QED) is 0.380. The van der Waals surface area contributed by atoms with Crippen molar-refractivity contribution in [1.29, 1.82) is 0 Å². The molecular formula is C24H19Cl2N3O4. The van der Waals surface area contributed by atoms with Crippen LogP contribution in [-0.4, -0.2) is 22.5 Å². The number of nitrogens with one attached hydrogen (secondary N) is 1. The highest BCUT2D eigenvalue weighted by Gasteiger charge is 2.09. The zero-order valence-electron chi connectivity index (χ0n) is 17.5. The molecule has 0 aliphatic carbocycles. The van der Waals surface area contributed by atoms with E-state index in [4.69, 9.17) is 32.7 Å². The van der Waals surface area contributed by atoms with E-state index in [0.29, 0.717) is 44.6 Å². The Labute approximate surface area is 198 Å². The zero-order chi connectivity index (χ0) is 23.4. The van der Waals surface area contributed by atoms with Crippen LogP contribution in [0.3, 0.4) is 0 Å². The lowest BCUT2D eigenvalue weighted by Gasteiger charge is -2.13. The average Bonchev–Trinajstić information content (AvgIpc) is 2.79. The third-order valence-electron chi connectivity index (χ3n) is 4.77. The fourth-order valence-corrected chi connectivity index (χ4v) is 3.63. The largest absolute Gasteiger partial charge is 0.490 e. The Hall–Kier alpha value is -3.55. The summed E-state index contributed by atoms with van der Waals surface area (Å²) in [6.07, 6.45) is 1.41. The van der Waals surface area contributed by atoms with Crippen molar-refractivity contribution in [3.8, 4) is 11.5 Å². The van der Waals surface area contributed by atoms with E-state index in [1.54, 1.807) is 60.7 Å². The van der Waals surface area contributed by atoms with Crippen molar-refractivity contribution in [2.75, 3.05) is 6.61 Å². The molecule has 0 atom stereocenters. The summed E-state index contributed by atoms with van der Waals surface area (Å²) >= 11 is 12.2. The summed E-state index contributed by atoms with van der Waals surface area (Å²) in [5.41, 5.74) is 0.730. The van der Waals surface area contributed by atoms with Gasteiger partial charge < -0.3 is 14.5 Å². The number of nitrogens with zero attached hydrogens (tertiary/aromatic N) is 2. The number of rotatable bonds is 7. The number of aromatic nitrogens is 2. The van der Waals surface area contributed by atoms with Crippen LogP contribution in [-0.2, 0) is 6.61 Å². The number of halogens is 2. The molecule has 0 amide bonds. The normalized spacial score (nSPS) is 11.2. The van der Waals surface area contributed by atoms with Crippen LogP contribution in [0.1, 0.15) is 18.1 Å². The molecular weight excluding hydrogens is 465 g/mol. The van der Waals surface area contributed by atoms with Gasteiger partial charge in [-0.3, -0.25) is 4.79 Å². The van der Waals surface area contributed by atoms with Gasteiger partial charge in [-0.05, 0) is 55.0 Å². The van der Waals surface area contributed by atoms with E-state index < -0.39 is 11.2 Å². The maximum absolute atomic E-state index is 12.6. The molecule has 33 heavy (non-hydrogen) atoms. The van der Waals surface area contributed by atoms with Gasteiger partial charge in [-0.1, -0.05) is 41.4 Å². The average molecular weight is 484 g/mol. The van der Waals surface area contributed by atoms with Gasteiger partial charge in [-0.25, -0.2) is 4.79 Å². The second-order valence-corrected chi connectivity index (χ2v) is 7.84. The lowest BCUT2D eigenvalue weighted by Crippen LogP contribution is -2.32. The zero-order valence-corrected chi connectivity index (χ0v) is 19.1. The highest BCUT2D eigenvalue weighted by Crippen LogP contribution is 2.30. The second kappa shape index (κ2) is 9.94. The minimum absolute atomic E-state index is 0.228. The van der Waals surface area contributed by atoms with Crippen molar-refractivity contribution in [3.63, 3.8) is 0 Å². The van der Waals surface area contributed by atoms with Crippen LogP contribution in [0, 0.1) is 0 Å². The number of H-pyrrole nitrogens is 1. The van der Waals surface area contributed by atoms with Crippen LogP contribution in [0.5, 0.6) is 11.5 Å². The summed E-state index contributed by atoms with van der Waals surface area (Å²) in [5, 5.41) is 5.51. The molecule has 1 aromatic heterocycles. The van der Waals surface area contributed by atoms with E-state index in [9.17, 15) is 9.59 Å². The third-order valence-corrected chi connectivity index (χ3v) is 5.36. The first-order valence-corrected chi connectivity index (χ1v) is 10.8. The molecule has 0 aliphatic rings. The monoisotopic (exact) mass is 483 g/mol. The fraction of sp³-hybridized carbons (Fsp3) is 0.125. The Bertz CT molecular complexity index is 1460. The van der Waals surface area contributed by atoms with Crippen LogP contribution in [0.2, 0.25) is 10.0 Å². The van der Waals surface area contributed by atoms with Gasteiger partial charge in [-0.15, -0.1) is 4.68 Å². The first-order chi connectivity index (χ1) is 16.0. The maximum Gasteiger partial charge on any atom is 0.349 e. The van der Waals surface area contributed by atoms with Gasteiger partial charge in [-0.2, -0.15) is 5.10 Å². The Balaban J connectivity index is 1.60. The van der Waals surface area contributed by atoms with Crippen molar-refractivity contribution < 1.29 is 9.47 Å². The molecule has 0 saturated heterocycles. The van der Waals surface area contributed by atoms with Crippen molar-refractivity contribution in [3.05, 3.63) is 103 Å². The molecule has 0 spiro atoms. The highest BCUT2D eigenvalue weighted by atomic mass is 35.5. The van der Waals surface area contributed by atoms with Crippen LogP contribution >= 0.6 is 23.2 Å². The SMILES string of the molecule is CCOc1cc(C=Nn2c(=O)[nH]c3ccccc3c2=O)ccc1OCc1ccc(Cl)cc1Cl. The number of fused-ring (bicyclic) bond motifs is 1. The molecule has 0 saturated carbocycles. The van der Waals surface area contributed by atoms with Crippen LogP contribution in [0.4, 0.5) is 0 Å². The van der Waals surface area contributed by atoms with Crippen molar-refractivity contribution in [2.45, 2.75) is 13.5 Å². The molecule has 0 aliphatic heterocycles. The number of hydrogen-bond donors (Lipinski definition) is 1. The Kier molecular flexibility index (Phi) is 6.82. The summed E-state index contributed by atoms with van der Waals surface area (Å²) in [6, 6.07) is 17.1. The molecule has 4 rings (SSSR count). The van der Waals surface area contributed by atoms with Crippen LogP contribution in [0.25, 0.3) is 10.9 Å². The van der Waals surface area contributed by atoms with Gasteiger partial charge in [0.15, 0.2) is 11.5 Å². The van der Waals surface area contributed by atoms with Crippen LogP contribution in [0.15, 0.2) is 75.4 Å². The first-order valence-electron chi connectivity index (χ1n) is 10.1. The van der Waals surface area contributed by atoms with Gasteiger partial charge >= 0.3 is 5.69 Å². The van der Waals surface area contributed by atoms with E-state index in [2.05, 4.69) is 10.1 Å². The smallest absolute Gasteiger partial charge is 0.349 e. The topological polar surface area (TPSA) is 85.7 Å².